The molecule has 4 nitrogen and oxygen atoms in total. The number of ether oxygens (including phenoxy) is 1. The highest BCUT2D eigenvalue weighted by Gasteiger charge is 2.19. The van der Waals surface area contributed by atoms with Crippen LogP contribution in [0.25, 0.3) is 49.6 Å². The molecule has 4 heteroatoms. The second kappa shape index (κ2) is 5.60. The van der Waals surface area contributed by atoms with Crippen molar-refractivity contribution in [2.24, 2.45) is 0 Å². The Bertz CT molecular complexity index is 1490. The fraction of sp³-hybridized carbons (Fsp3) is 0.0417. The zero-order chi connectivity index (χ0) is 18.7. The van der Waals surface area contributed by atoms with Gasteiger partial charge < -0.3 is 9.15 Å². The monoisotopic (exact) mass is 364 g/mol. The Morgan fingerprint density at radius 2 is 1.68 bits per heavy atom. The number of methoxy groups -OCH3 is 1. The Labute approximate surface area is 160 Å². The van der Waals surface area contributed by atoms with Crippen molar-refractivity contribution in [3.8, 4) is 11.6 Å². The third-order valence-electron chi connectivity index (χ3n) is 5.36. The van der Waals surface area contributed by atoms with Gasteiger partial charge in [0.15, 0.2) is 0 Å². The summed E-state index contributed by atoms with van der Waals surface area (Å²) < 4.78 is 14.0. The summed E-state index contributed by atoms with van der Waals surface area (Å²) in [6.07, 6.45) is 1.81. The summed E-state index contributed by atoms with van der Waals surface area (Å²) in [7, 11) is 1.69. The minimum absolute atomic E-state index is 0.813. The van der Waals surface area contributed by atoms with Crippen LogP contribution in [-0.4, -0.2) is 16.7 Å². The Balaban J connectivity index is 1.86. The van der Waals surface area contributed by atoms with E-state index >= 15 is 0 Å². The smallest absolute Gasteiger partial charge is 0.145 e. The zero-order valence-corrected chi connectivity index (χ0v) is 15.2. The summed E-state index contributed by atoms with van der Waals surface area (Å²) in [6.45, 7) is 0. The predicted octanol–water partition coefficient (Wildman–Crippen LogP) is 6.09. The van der Waals surface area contributed by atoms with Crippen LogP contribution in [0.4, 0.5) is 0 Å². The molecule has 0 saturated heterocycles. The summed E-state index contributed by atoms with van der Waals surface area (Å²) in [4.78, 5) is 4.59. The van der Waals surface area contributed by atoms with Crippen LogP contribution >= 0.6 is 0 Å². The van der Waals surface area contributed by atoms with Gasteiger partial charge in [-0.2, -0.15) is 0 Å². The average Bonchev–Trinajstić information content (AvgIpc) is 3.29. The highest BCUT2D eigenvalue weighted by atomic mass is 16.5. The van der Waals surface area contributed by atoms with E-state index in [0.29, 0.717) is 0 Å². The molecule has 6 aromatic rings. The van der Waals surface area contributed by atoms with Gasteiger partial charge in [0.2, 0.25) is 0 Å². The normalized spacial score (nSPS) is 11.8. The summed E-state index contributed by atoms with van der Waals surface area (Å²) in [5.41, 5.74) is 3.91. The van der Waals surface area contributed by atoms with Crippen LogP contribution in [0.1, 0.15) is 0 Å². The topological polar surface area (TPSA) is 40.2 Å². The second-order valence-corrected chi connectivity index (χ2v) is 6.84. The van der Waals surface area contributed by atoms with E-state index in [2.05, 4.69) is 39.9 Å². The van der Waals surface area contributed by atoms with Crippen LogP contribution in [0.5, 0.6) is 5.75 Å². The lowest BCUT2D eigenvalue weighted by Gasteiger charge is -2.07. The maximum Gasteiger partial charge on any atom is 0.145 e. The fourth-order valence-electron chi connectivity index (χ4n) is 4.12. The van der Waals surface area contributed by atoms with Gasteiger partial charge in [0.1, 0.15) is 22.7 Å². The predicted molar refractivity (Wildman–Crippen MR) is 112 cm³/mol. The van der Waals surface area contributed by atoms with E-state index in [9.17, 15) is 0 Å². The third-order valence-corrected chi connectivity index (χ3v) is 5.36. The van der Waals surface area contributed by atoms with Crippen molar-refractivity contribution in [1.82, 2.24) is 9.55 Å². The lowest BCUT2D eigenvalue weighted by atomic mass is 10.1. The summed E-state index contributed by atoms with van der Waals surface area (Å²) >= 11 is 0. The van der Waals surface area contributed by atoms with E-state index in [-0.39, 0.29) is 0 Å². The molecule has 6 rings (SSSR count). The molecule has 134 valence electrons. The molecule has 0 aliphatic rings. The standard InChI is InChI=1S/C24H16N2O2/c1-27-15-9-10-18-20(14-15)26(22-8-4-5-13-25-22)19-12-11-17-16-6-2-3-7-21(16)28-24(17)23(18)19/h2-14H,1H3. The van der Waals surface area contributed by atoms with Gasteiger partial charge in [-0.25, -0.2) is 4.98 Å². The molecule has 0 fully saturated rings. The molecule has 0 spiro atoms. The SMILES string of the molecule is COc1ccc2c3c4oc5ccccc5c4ccc3n(-c3ccccn3)c2c1. The van der Waals surface area contributed by atoms with Gasteiger partial charge >= 0.3 is 0 Å². The molecule has 0 aliphatic heterocycles. The van der Waals surface area contributed by atoms with Gasteiger partial charge in [0, 0.05) is 28.4 Å². The minimum atomic E-state index is 0.813. The van der Waals surface area contributed by atoms with E-state index in [4.69, 9.17) is 9.15 Å². The number of hydrogen-bond donors (Lipinski definition) is 0. The van der Waals surface area contributed by atoms with E-state index in [1.807, 2.05) is 48.7 Å². The molecule has 0 N–H and O–H groups in total. The van der Waals surface area contributed by atoms with Gasteiger partial charge in [-0.15, -0.1) is 0 Å². The van der Waals surface area contributed by atoms with Crippen molar-refractivity contribution < 1.29 is 9.15 Å². The Morgan fingerprint density at radius 1 is 0.821 bits per heavy atom. The van der Waals surface area contributed by atoms with Crippen molar-refractivity contribution in [3.05, 3.63) is 79.0 Å². The number of benzene rings is 3. The van der Waals surface area contributed by atoms with Crippen LogP contribution in [0.3, 0.4) is 0 Å². The highest BCUT2D eigenvalue weighted by molar-refractivity contribution is 6.23. The van der Waals surface area contributed by atoms with Crippen LogP contribution in [0.2, 0.25) is 0 Å². The molecule has 3 aromatic heterocycles. The van der Waals surface area contributed by atoms with Gasteiger partial charge in [-0.05, 0) is 42.5 Å². The third kappa shape index (κ3) is 1.97. The Morgan fingerprint density at radius 3 is 2.54 bits per heavy atom. The first kappa shape index (κ1) is 15.3. The zero-order valence-electron chi connectivity index (χ0n) is 15.2. The van der Waals surface area contributed by atoms with Crippen LogP contribution in [0.15, 0.2) is 83.4 Å². The summed E-state index contributed by atoms with van der Waals surface area (Å²) in [6, 6.07) is 24.5. The van der Waals surface area contributed by atoms with Crippen LogP contribution in [0, 0.1) is 0 Å². The number of hydrogen-bond acceptors (Lipinski definition) is 3. The number of para-hydroxylation sites is 1. The molecule has 0 aliphatic carbocycles. The summed E-state index contributed by atoms with van der Waals surface area (Å²) in [5.74, 6) is 1.68. The Hall–Kier alpha value is -3.79. The average molecular weight is 364 g/mol. The summed E-state index contributed by atoms with van der Waals surface area (Å²) in [5, 5.41) is 4.47. The first-order valence-corrected chi connectivity index (χ1v) is 9.19. The van der Waals surface area contributed by atoms with Crippen LogP contribution < -0.4 is 4.74 Å². The maximum absolute atomic E-state index is 6.31. The maximum atomic E-state index is 6.31. The highest BCUT2D eigenvalue weighted by Crippen LogP contribution is 2.40. The molecule has 0 amide bonds. The number of nitrogens with zero attached hydrogens (tertiary/aromatic N) is 2. The van der Waals surface area contributed by atoms with Crippen LogP contribution in [-0.2, 0) is 0 Å². The van der Waals surface area contributed by atoms with Crippen molar-refractivity contribution in [2.45, 2.75) is 0 Å². The molecule has 0 unspecified atom stereocenters. The number of aromatic nitrogens is 2. The van der Waals surface area contributed by atoms with Gasteiger partial charge in [0.25, 0.3) is 0 Å². The van der Waals surface area contributed by atoms with E-state index in [1.165, 1.54) is 0 Å². The van der Waals surface area contributed by atoms with E-state index in [1.54, 1.807) is 7.11 Å². The lowest BCUT2D eigenvalue weighted by Crippen LogP contribution is -1.96. The van der Waals surface area contributed by atoms with Crippen molar-refractivity contribution >= 4 is 43.7 Å². The fourth-order valence-corrected chi connectivity index (χ4v) is 4.12. The van der Waals surface area contributed by atoms with Crippen molar-refractivity contribution in [3.63, 3.8) is 0 Å². The van der Waals surface area contributed by atoms with Gasteiger partial charge in [-0.3, -0.25) is 4.57 Å². The number of rotatable bonds is 2. The molecule has 0 saturated carbocycles. The first-order valence-electron chi connectivity index (χ1n) is 9.19. The Kier molecular flexibility index (Phi) is 3.06. The lowest BCUT2D eigenvalue weighted by molar-refractivity contribution is 0.415. The molecule has 0 atom stereocenters. The van der Waals surface area contributed by atoms with Crippen molar-refractivity contribution in [2.75, 3.05) is 7.11 Å². The molecule has 3 aromatic carbocycles. The first-order chi connectivity index (χ1) is 13.8. The largest absolute Gasteiger partial charge is 0.497 e. The van der Waals surface area contributed by atoms with Gasteiger partial charge in [0.05, 0.1) is 23.5 Å². The van der Waals surface area contributed by atoms with Crippen molar-refractivity contribution in [1.29, 1.82) is 0 Å². The quantitative estimate of drug-likeness (QED) is 0.373. The molecule has 0 radical (unpaired) electrons. The van der Waals surface area contributed by atoms with E-state index in [0.717, 1.165) is 55.3 Å². The molecule has 28 heavy (non-hydrogen) atoms. The molecular formula is C24H16N2O2. The number of pyridine rings is 1. The minimum Gasteiger partial charge on any atom is -0.497 e. The van der Waals surface area contributed by atoms with E-state index < -0.39 is 0 Å². The van der Waals surface area contributed by atoms with Gasteiger partial charge in [-0.1, -0.05) is 24.3 Å². The number of furan rings is 1. The molecular weight excluding hydrogens is 348 g/mol. The molecule has 3 heterocycles. The molecule has 0 bridgehead atoms. The number of fused-ring (bicyclic) bond motifs is 7. The second-order valence-electron chi connectivity index (χ2n) is 6.84.